The van der Waals surface area contributed by atoms with Crippen molar-refractivity contribution in [3.63, 3.8) is 0 Å². The average molecular weight is 312 g/mol. The SMILES string of the molecule is CCOC(=O)N1CCCN(S(=O)(=O)c2ccccc2)CC1. The summed E-state index contributed by atoms with van der Waals surface area (Å²) >= 11 is 0. The van der Waals surface area contributed by atoms with E-state index < -0.39 is 10.0 Å². The number of benzene rings is 1. The first-order valence-corrected chi connectivity index (χ1v) is 8.46. The van der Waals surface area contributed by atoms with Crippen molar-refractivity contribution in [1.82, 2.24) is 9.21 Å². The van der Waals surface area contributed by atoms with Gasteiger partial charge in [0.25, 0.3) is 0 Å². The summed E-state index contributed by atoms with van der Waals surface area (Å²) in [4.78, 5) is 13.6. The van der Waals surface area contributed by atoms with E-state index >= 15 is 0 Å². The van der Waals surface area contributed by atoms with Gasteiger partial charge in [-0.1, -0.05) is 18.2 Å². The van der Waals surface area contributed by atoms with Gasteiger partial charge in [0.05, 0.1) is 11.5 Å². The van der Waals surface area contributed by atoms with Gasteiger partial charge < -0.3 is 9.64 Å². The van der Waals surface area contributed by atoms with Crippen molar-refractivity contribution in [2.24, 2.45) is 0 Å². The minimum Gasteiger partial charge on any atom is -0.450 e. The highest BCUT2D eigenvalue weighted by Gasteiger charge is 2.28. The van der Waals surface area contributed by atoms with Gasteiger partial charge in [-0.05, 0) is 25.5 Å². The lowest BCUT2D eigenvalue weighted by Gasteiger charge is -2.21. The molecule has 1 aliphatic rings. The summed E-state index contributed by atoms with van der Waals surface area (Å²) in [6.45, 7) is 3.64. The minimum absolute atomic E-state index is 0.287. The third kappa shape index (κ3) is 3.74. The average Bonchev–Trinajstić information content (AvgIpc) is 2.75. The molecule has 0 N–H and O–H groups in total. The van der Waals surface area contributed by atoms with Crippen LogP contribution in [0.4, 0.5) is 4.79 Å². The molecule has 0 radical (unpaired) electrons. The summed E-state index contributed by atoms with van der Waals surface area (Å²) in [7, 11) is -3.49. The van der Waals surface area contributed by atoms with E-state index in [1.54, 1.807) is 42.2 Å². The Bertz CT molecular complexity index is 574. The summed E-state index contributed by atoms with van der Waals surface area (Å²) in [5, 5.41) is 0. The van der Waals surface area contributed by atoms with Crippen molar-refractivity contribution in [3.8, 4) is 0 Å². The lowest BCUT2D eigenvalue weighted by atomic mass is 10.4. The molecule has 1 fully saturated rings. The molecule has 116 valence electrons. The molecule has 7 heteroatoms. The molecule has 0 saturated carbocycles. The third-order valence-corrected chi connectivity index (χ3v) is 5.27. The molecule has 21 heavy (non-hydrogen) atoms. The normalized spacial score (nSPS) is 17.3. The first-order chi connectivity index (χ1) is 10.1. The number of carbonyl (C=O) groups is 1. The van der Waals surface area contributed by atoms with Crippen molar-refractivity contribution in [1.29, 1.82) is 0 Å². The van der Waals surface area contributed by atoms with Crippen molar-refractivity contribution >= 4 is 16.1 Å². The molecule has 1 aliphatic heterocycles. The number of ether oxygens (including phenoxy) is 1. The van der Waals surface area contributed by atoms with E-state index in [4.69, 9.17) is 4.74 Å². The number of sulfonamides is 1. The van der Waals surface area contributed by atoms with Gasteiger partial charge in [-0.15, -0.1) is 0 Å². The van der Waals surface area contributed by atoms with Crippen molar-refractivity contribution in [2.75, 3.05) is 32.8 Å². The van der Waals surface area contributed by atoms with Crippen LogP contribution in [0.3, 0.4) is 0 Å². The summed E-state index contributed by atoms with van der Waals surface area (Å²) in [5.74, 6) is 0. The molecule has 0 unspecified atom stereocenters. The van der Waals surface area contributed by atoms with E-state index in [1.807, 2.05) is 0 Å². The summed E-state index contributed by atoms with van der Waals surface area (Å²) in [6, 6.07) is 8.36. The molecule has 2 rings (SSSR count). The van der Waals surface area contributed by atoms with Gasteiger partial charge >= 0.3 is 6.09 Å². The predicted octanol–water partition coefficient (Wildman–Crippen LogP) is 1.54. The topological polar surface area (TPSA) is 66.9 Å². The van der Waals surface area contributed by atoms with Crippen LogP contribution in [-0.4, -0.2) is 56.5 Å². The van der Waals surface area contributed by atoms with Gasteiger partial charge in [-0.25, -0.2) is 13.2 Å². The molecule has 6 nitrogen and oxygen atoms in total. The Hall–Kier alpha value is -1.60. The third-order valence-electron chi connectivity index (χ3n) is 3.36. The molecule has 1 aromatic carbocycles. The van der Waals surface area contributed by atoms with Crippen LogP contribution in [0, 0.1) is 0 Å². The predicted molar refractivity (Wildman–Crippen MR) is 78.4 cm³/mol. The minimum atomic E-state index is -3.49. The second-order valence-electron chi connectivity index (χ2n) is 4.76. The molecular formula is C14H20N2O4S. The number of hydrogen-bond donors (Lipinski definition) is 0. The summed E-state index contributed by atoms with van der Waals surface area (Å²) in [6.07, 6.45) is 0.224. The highest BCUT2D eigenvalue weighted by atomic mass is 32.2. The van der Waals surface area contributed by atoms with Crippen molar-refractivity contribution in [3.05, 3.63) is 30.3 Å². The van der Waals surface area contributed by atoms with Crippen LogP contribution in [0.1, 0.15) is 13.3 Å². The van der Waals surface area contributed by atoms with Crippen LogP contribution in [0.5, 0.6) is 0 Å². The van der Waals surface area contributed by atoms with Crippen LogP contribution in [-0.2, 0) is 14.8 Å². The van der Waals surface area contributed by atoms with E-state index in [-0.39, 0.29) is 17.5 Å². The fourth-order valence-electron chi connectivity index (χ4n) is 2.27. The van der Waals surface area contributed by atoms with Gasteiger partial charge in [-0.2, -0.15) is 4.31 Å². The van der Waals surface area contributed by atoms with E-state index in [0.717, 1.165) is 0 Å². The Morgan fingerprint density at radius 1 is 1.14 bits per heavy atom. The fourth-order valence-corrected chi connectivity index (χ4v) is 3.76. The first kappa shape index (κ1) is 15.8. The molecule has 0 atom stereocenters. The Kier molecular flexibility index (Phi) is 5.19. The molecule has 1 amide bonds. The summed E-state index contributed by atoms with van der Waals surface area (Å²) in [5.41, 5.74) is 0. The Labute approximate surface area is 125 Å². The maximum absolute atomic E-state index is 12.5. The zero-order valence-corrected chi connectivity index (χ0v) is 12.9. The Morgan fingerprint density at radius 3 is 2.52 bits per heavy atom. The second kappa shape index (κ2) is 6.91. The van der Waals surface area contributed by atoms with Crippen molar-refractivity contribution < 1.29 is 17.9 Å². The fraction of sp³-hybridized carbons (Fsp3) is 0.500. The highest BCUT2D eigenvalue weighted by molar-refractivity contribution is 7.89. The summed E-state index contributed by atoms with van der Waals surface area (Å²) < 4.78 is 31.5. The molecular weight excluding hydrogens is 292 g/mol. The van der Waals surface area contributed by atoms with Crippen molar-refractivity contribution in [2.45, 2.75) is 18.2 Å². The lowest BCUT2D eigenvalue weighted by Crippen LogP contribution is -2.37. The molecule has 1 heterocycles. The van der Waals surface area contributed by atoms with Gasteiger partial charge in [0.1, 0.15) is 0 Å². The van der Waals surface area contributed by atoms with Crippen LogP contribution in [0.2, 0.25) is 0 Å². The zero-order chi connectivity index (χ0) is 15.3. The Balaban J connectivity index is 2.08. The maximum Gasteiger partial charge on any atom is 0.409 e. The van der Waals surface area contributed by atoms with E-state index in [0.29, 0.717) is 32.7 Å². The largest absolute Gasteiger partial charge is 0.450 e. The van der Waals surface area contributed by atoms with Gasteiger partial charge in [0.2, 0.25) is 10.0 Å². The number of hydrogen-bond acceptors (Lipinski definition) is 4. The second-order valence-corrected chi connectivity index (χ2v) is 6.69. The molecule has 0 spiro atoms. The van der Waals surface area contributed by atoms with E-state index in [2.05, 4.69) is 0 Å². The van der Waals surface area contributed by atoms with Crippen LogP contribution < -0.4 is 0 Å². The number of nitrogens with zero attached hydrogens (tertiary/aromatic N) is 2. The van der Waals surface area contributed by atoms with Gasteiger partial charge in [-0.3, -0.25) is 0 Å². The van der Waals surface area contributed by atoms with Crippen LogP contribution in [0.15, 0.2) is 35.2 Å². The van der Waals surface area contributed by atoms with Crippen LogP contribution >= 0.6 is 0 Å². The first-order valence-electron chi connectivity index (χ1n) is 7.02. The standard InChI is InChI=1S/C14H20N2O4S/c1-2-20-14(17)15-9-6-10-16(12-11-15)21(18,19)13-7-4-3-5-8-13/h3-5,7-8H,2,6,9-12H2,1H3. The smallest absolute Gasteiger partial charge is 0.409 e. The molecule has 1 saturated heterocycles. The lowest BCUT2D eigenvalue weighted by molar-refractivity contribution is 0.109. The van der Waals surface area contributed by atoms with Gasteiger partial charge in [0.15, 0.2) is 0 Å². The number of rotatable bonds is 3. The van der Waals surface area contributed by atoms with Crippen LogP contribution in [0.25, 0.3) is 0 Å². The Morgan fingerprint density at radius 2 is 1.86 bits per heavy atom. The monoisotopic (exact) mass is 312 g/mol. The molecule has 0 aromatic heterocycles. The quantitative estimate of drug-likeness (QED) is 0.849. The highest BCUT2D eigenvalue weighted by Crippen LogP contribution is 2.17. The molecule has 0 aliphatic carbocycles. The van der Waals surface area contributed by atoms with E-state index in [1.165, 1.54) is 4.31 Å². The zero-order valence-electron chi connectivity index (χ0n) is 12.1. The van der Waals surface area contributed by atoms with E-state index in [9.17, 15) is 13.2 Å². The number of amides is 1. The molecule has 0 bridgehead atoms. The van der Waals surface area contributed by atoms with Gasteiger partial charge in [0, 0.05) is 26.2 Å². The number of carbonyl (C=O) groups excluding carboxylic acids is 1. The molecule has 1 aromatic rings. The maximum atomic E-state index is 12.5.